The summed E-state index contributed by atoms with van der Waals surface area (Å²) >= 11 is 0. The minimum atomic E-state index is 0.261. The standard InChI is InChI=1S/C18H29N3O2/c1-20-9-3-4-16(14-20)23-18-12-15(5-6-17(18)22-2)13-21-10-7-19-8-11-21/h5-6,12,16,19H,3-4,7-11,13-14H2,1-2H3. The predicted octanol–water partition coefficient (Wildman–Crippen LogP) is 1.57. The topological polar surface area (TPSA) is 37.0 Å². The maximum Gasteiger partial charge on any atom is 0.161 e. The number of likely N-dealkylation sites (N-methyl/N-ethyl adjacent to an activating group) is 1. The summed E-state index contributed by atoms with van der Waals surface area (Å²) in [5.41, 5.74) is 1.30. The van der Waals surface area contributed by atoms with E-state index in [1.807, 2.05) is 6.07 Å². The monoisotopic (exact) mass is 319 g/mol. The highest BCUT2D eigenvalue weighted by Crippen LogP contribution is 2.30. The summed E-state index contributed by atoms with van der Waals surface area (Å²) in [5.74, 6) is 1.72. The first-order valence-corrected chi connectivity index (χ1v) is 8.70. The highest BCUT2D eigenvalue weighted by molar-refractivity contribution is 5.43. The van der Waals surface area contributed by atoms with Gasteiger partial charge in [0.05, 0.1) is 7.11 Å². The van der Waals surface area contributed by atoms with Gasteiger partial charge in [0.15, 0.2) is 11.5 Å². The van der Waals surface area contributed by atoms with Crippen molar-refractivity contribution >= 4 is 0 Å². The van der Waals surface area contributed by atoms with E-state index in [2.05, 4.69) is 34.3 Å². The molecule has 5 nitrogen and oxygen atoms in total. The minimum absolute atomic E-state index is 0.261. The third-order valence-corrected chi connectivity index (χ3v) is 4.72. The SMILES string of the molecule is COc1ccc(CN2CCNCC2)cc1OC1CCCN(C)C1. The van der Waals surface area contributed by atoms with Crippen molar-refractivity contribution in [2.45, 2.75) is 25.5 Å². The Morgan fingerprint density at radius 2 is 2.00 bits per heavy atom. The van der Waals surface area contributed by atoms with E-state index in [9.17, 15) is 0 Å². The zero-order chi connectivity index (χ0) is 16.1. The van der Waals surface area contributed by atoms with Crippen LogP contribution >= 0.6 is 0 Å². The molecule has 0 saturated carbocycles. The Morgan fingerprint density at radius 3 is 2.74 bits per heavy atom. The van der Waals surface area contributed by atoms with Crippen LogP contribution in [0.15, 0.2) is 18.2 Å². The van der Waals surface area contributed by atoms with Crippen molar-refractivity contribution in [2.75, 3.05) is 53.4 Å². The molecule has 1 aromatic rings. The number of likely N-dealkylation sites (tertiary alicyclic amines) is 1. The van der Waals surface area contributed by atoms with Gasteiger partial charge in [-0.2, -0.15) is 0 Å². The summed E-state index contributed by atoms with van der Waals surface area (Å²) in [7, 11) is 3.87. The molecule has 2 saturated heterocycles. The number of nitrogens with zero attached hydrogens (tertiary/aromatic N) is 2. The van der Waals surface area contributed by atoms with Crippen LogP contribution in [-0.4, -0.2) is 69.3 Å². The number of piperidine rings is 1. The average molecular weight is 319 g/mol. The van der Waals surface area contributed by atoms with Gasteiger partial charge in [-0.1, -0.05) is 6.07 Å². The van der Waals surface area contributed by atoms with E-state index in [1.165, 1.54) is 18.5 Å². The highest BCUT2D eigenvalue weighted by Gasteiger charge is 2.20. The Bertz CT molecular complexity index is 503. The van der Waals surface area contributed by atoms with Crippen molar-refractivity contribution in [3.63, 3.8) is 0 Å². The van der Waals surface area contributed by atoms with Crippen LogP contribution < -0.4 is 14.8 Å². The highest BCUT2D eigenvalue weighted by atomic mass is 16.5. The van der Waals surface area contributed by atoms with Crippen LogP contribution in [0, 0.1) is 0 Å². The Morgan fingerprint density at radius 1 is 1.17 bits per heavy atom. The molecule has 1 aromatic carbocycles. The number of hydrogen-bond acceptors (Lipinski definition) is 5. The Labute approximate surface area is 139 Å². The summed E-state index contributed by atoms with van der Waals surface area (Å²) in [4.78, 5) is 4.82. The van der Waals surface area contributed by atoms with E-state index < -0.39 is 0 Å². The van der Waals surface area contributed by atoms with Crippen LogP contribution in [-0.2, 0) is 6.54 Å². The lowest BCUT2D eigenvalue weighted by atomic mass is 10.1. The van der Waals surface area contributed by atoms with Crippen LogP contribution in [0.2, 0.25) is 0 Å². The second-order valence-electron chi connectivity index (χ2n) is 6.66. The summed E-state index contributed by atoms with van der Waals surface area (Å²) < 4.78 is 11.8. The van der Waals surface area contributed by atoms with Crippen molar-refractivity contribution in [3.8, 4) is 11.5 Å². The Hall–Kier alpha value is -1.30. The lowest BCUT2D eigenvalue weighted by Gasteiger charge is -2.31. The maximum atomic E-state index is 6.28. The fraction of sp³-hybridized carbons (Fsp3) is 0.667. The van der Waals surface area contributed by atoms with Gasteiger partial charge in [0, 0.05) is 39.3 Å². The van der Waals surface area contributed by atoms with E-state index in [4.69, 9.17) is 9.47 Å². The van der Waals surface area contributed by atoms with Crippen LogP contribution in [0.5, 0.6) is 11.5 Å². The summed E-state index contributed by atoms with van der Waals surface area (Å²) in [6.07, 6.45) is 2.58. The number of methoxy groups -OCH3 is 1. The van der Waals surface area contributed by atoms with Gasteiger partial charge < -0.3 is 19.7 Å². The quantitative estimate of drug-likeness (QED) is 0.892. The van der Waals surface area contributed by atoms with Crippen molar-refractivity contribution in [2.24, 2.45) is 0 Å². The molecule has 2 fully saturated rings. The molecule has 1 atom stereocenters. The lowest BCUT2D eigenvalue weighted by molar-refractivity contribution is 0.101. The molecular formula is C18H29N3O2. The summed E-state index contributed by atoms with van der Waals surface area (Å²) in [6, 6.07) is 6.36. The van der Waals surface area contributed by atoms with E-state index in [1.54, 1.807) is 7.11 Å². The number of piperazine rings is 1. The molecule has 0 radical (unpaired) electrons. The van der Waals surface area contributed by atoms with Crippen LogP contribution in [0.4, 0.5) is 0 Å². The van der Waals surface area contributed by atoms with E-state index in [-0.39, 0.29) is 6.10 Å². The molecule has 5 heteroatoms. The van der Waals surface area contributed by atoms with Crippen molar-refractivity contribution < 1.29 is 9.47 Å². The van der Waals surface area contributed by atoms with Gasteiger partial charge in [0.1, 0.15) is 6.10 Å². The van der Waals surface area contributed by atoms with Crippen LogP contribution in [0.25, 0.3) is 0 Å². The first-order valence-electron chi connectivity index (χ1n) is 8.70. The van der Waals surface area contributed by atoms with Crippen molar-refractivity contribution in [3.05, 3.63) is 23.8 Å². The zero-order valence-corrected chi connectivity index (χ0v) is 14.4. The Balaban J connectivity index is 1.68. The lowest BCUT2D eigenvalue weighted by Crippen LogP contribution is -2.42. The van der Waals surface area contributed by atoms with Crippen molar-refractivity contribution in [1.82, 2.24) is 15.1 Å². The molecule has 1 unspecified atom stereocenters. The molecular weight excluding hydrogens is 290 g/mol. The molecule has 2 heterocycles. The zero-order valence-electron chi connectivity index (χ0n) is 14.4. The summed E-state index contributed by atoms with van der Waals surface area (Å²) in [5, 5.41) is 3.40. The first kappa shape index (κ1) is 16.6. The van der Waals surface area contributed by atoms with Gasteiger partial charge >= 0.3 is 0 Å². The predicted molar refractivity (Wildman–Crippen MR) is 92.3 cm³/mol. The van der Waals surface area contributed by atoms with E-state index >= 15 is 0 Å². The maximum absolute atomic E-state index is 6.28. The number of hydrogen-bond donors (Lipinski definition) is 1. The number of rotatable bonds is 5. The van der Waals surface area contributed by atoms with Crippen molar-refractivity contribution in [1.29, 1.82) is 0 Å². The number of nitrogens with one attached hydrogen (secondary N) is 1. The molecule has 23 heavy (non-hydrogen) atoms. The van der Waals surface area contributed by atoms with Gasteiger partial charge in [-0.05, 0) is 44.1 Å². The van der Waals surface area contributed by atoms with Crippen LogP contribution in [0.1, 0.15) is 18.4 Å². The molecule has 3 rings (SSSR count). The molecule has 0 aromatic heterocycles. The van der Waals surface area contributed by atoms with Gasteiger partial charge in [-0.15, -0.1) is 0 Å². The fourth-order valence-electron chi connectivity index (χ4n) is 3.43. The summed E-state index contributed by atoms with van der Waals surface area (Å²) in [6.45, 7) is 7.50. The molecule has 2 aliphatic heterocycles. The molecule has 1 N–H and O–H groups in total. The molecule has 2 aliphatic rings. The fourth-order valence-corrected chi connectivity index (χ4v) is 3.43. The smallest absolute Gasteiger partial charge is 0.161 e. The van der Waals surface area contributed by atoms with Gasteiger partial charge in [-0.3, -0.25) is 4.90 Å². The first-order chi connectivity index (χ1) is 11.2. The molecule has 0 amide bonds. The van der Waals surface area contributed by atoms with Crippen LogP contribution in [0.3, 0.4) is 0 Å². The normalized spacial score (nSPS) is 23.7. The van der Waals surface area contributed by atoms with E-state index in [0.717, 1.165) is 57.2 Å². The second kappa shape index (κ2) is 7.99. The molecule has 0 aliphatic carbocycles. The number of benzene rings is 1. The molecule has 0 spiro atoms. The molecule has 128 valence electrons. The molecule has 0 bridgehead atoms. The average Bonchev–Trinajstić information content (AvgIpc) is 2.56. The van der Waals surface area contributed by atoms with Gasteiger partial charge in [-0.25, -0.2) is 0 Å². The second-order valence-corrected chi connectivity index (χ2v) is 6.66. The third kappa shape index (κ3) is 4.59. The van der Waals surface area contributed by atoms with E-state index in [0.29, 0.717) is 0 Å². The minimum Gasteiger partial charge on any atom is -0.493 e. The third-order valence-electron chi connectivity index (χ3n) is 4.72. The number of ether oxygens (including phenoxy) is 2. The van der Waals surface area contributed by atoms with Gasteiger partial charge in [0.25, 0.3) is 0 Å². The van der Waals surface area contributed by atoms with Gasteiger partial charge in [0.2, 0.25) is 0 Å². The Kier molecular flexibility index (Phi) is 5.75. The largest absolute Gasteiger partial charge is 0.493 e.